The van der Waals surface area contributed by atoms with E-state index in [2.05, 4.69) is 12.2 Å². The molecule has 0 heterocycles. The molecule has 1 aliphatic rings. The first-order valence-electron chi connectivity index (χ1n) is 7.06. The lowest BCUT2D eigenvalue weighted by molar-refractivity contribution is 0.430. The van der Waals surface area contributed by atoms with Crippen molar-refractivity contribution in [3.05, 3.63) is 29.8 Å². The Morgan fingerprint density at radius 3 is 2.26 bits per heavy atom. The Kier molecular flexibility index (Phi) is 4.63. The van der Waals surface area contributed by atoms with Crippen molar-refractivity contribution in [2.24, 2.45) is 0 Å². The van der Waals surface area contributed by atoms with Gasteiger partial charge in [-0.1, -0.05) is 31.9 Å². The van der Waals surface area contributed by atoms with Gasteiger partial charge in [-0.25, -0.2) is 8.42 Å². The lowest BCUT2D eigenvalue weighted by Crippen LogP contribution is -2.30. The van der Waals surface area contributed by atoms with Crippen LogP contribution in [0, 0.1) is 0 Å². The predicted octanol–water partition coefficient (Wildman–Crippen LogP) is 3.07. The molecule has 0 aliphatic heterocycles. The molecule has 1 saturated carbocycles. The maximum Gasteiger partial charge on any atom is 0.175 e. The summed E-state index contributed by atoms with van der Waals surface area (Å²) >= 11 is 0. The first-order valence-corrected chi connectivity index (χ1v) is 8.96. The average molecular weight is 281 g/mol. The Labute approximate surface area is 116 Å². The lowest BCUT2D eigenvalue weighted by atomic mass is 10.0. The normalized spacial score (nSPS) is 18.6. The summed E-state index contributed by atoms with van der Waals surface area (Å²) in [6.07, 6.45) is 7.43. The van der Waals surface area contributed by atoms with Gasteiger partial charge < -0.3 is 5.32 Å². The van der Waals surface area contributed by atoms with Crippen LogP contribution in [-0.4, -0.2) is 20.7 Å². The quantitative estimate of drug-likeness (QED) is 0.902. The van der Waals surface area contributed by atoms with Crippen molar-refractivity contribution in [1.29, 1.82) is 0 Å². The topological polar surface area (TPSA) is 46.2 Å². The Morgan fingerprint density at radius 2 is 1.79 bits per heavy atom. The van der Waals surface area contributed by atoms with Crippen LogP contribution in [0.3, 0.4) is 0 Å². The number of hydrogen-bond donors (Lipinski definition) is 1. The van der Waals surface area contributed by atoms with Crippen LogP contribution in [0.2, 0.25) is 0 Å². The third-order valence-electron chi connectivity index (χ3n) is 3.91. The summed E-state index contributed by atoms with van der Waals surface area (Å²) in [6, 6.07) is 8.25. The highest BCUT2D eigenvalue weighted by atomic mass is 32.2. The van der Waals surface area contributed by atoms with Crippen LogP contribution in [0.15, 0.2) is 29.2 Å². The van der Waals surface area contributed by atoms with Crippen molar-refractivity contribution in [2.75, 3.05) is 6.26 Å². The fraction of sp³-hybridized carbons (Fsp3) is 0.600. The van der Waals surface area contributed by atoms with Crippen LogP contribution in [-0.2, 0) is 9.84 Å². The molecule has 3 nitrogen and oxygen atoms in total. The molecule has 1 N–H and O–H groups in total. The van der Waals surface area contributed by atoms with Gasteiger partial charge in [0.25, 0.3) is 0 Å². The summed E-state index contributed by atoms with van der Waals surface area (Å²) < 4.78 is 22.9. The third kappa shape index (κ3) is 3.80. The summed E-state index contributed by atoms with van der Waals surface area (Å²) in [5.74, 6) is 0. The zero-order chi connectivity index (χ0) is 13.9. The van der Waals surface area contributed by atoms with E-state index in [0.717, 1.165) is 6.42 Å². The van der Waals surface area contributed by atoms with Gasteiger partial charge in [0, 0.05) is 18.3 Å². The van der Waals surface area contributed by atoms with Crippen LogP contribution in [0.4, 0.5) is 0 Å². The molecule has 106 valence electrons. The minimum Gasteiger partial charge on any atom is -0.307 e. The van der Waals surface area contributed by atoms with E-state index in [1.54, 1.807) is 12.1 Å². The monoisotopic (exact) mass is 281 g/mol. The van der Waals surface area contributed by atoms with Crippen molar-refractivity contribution < 1.29 is 8.42 Å². The highest BCUT2D eigenvalue weighted by molar-refractivity contribution is 7.90. The van der Waals surface area contributed by atoms with Crippen molar-refractivity contribution in [2.45, 2.75) is 56.0 Å². The van der Waals surface area contributed by atoms with E-state index in [-0.39, 0.29) is 0 Å². The Balaban J connectivity index is 2.10. The molecule has 1 atom stereocenters. The number of benzene rings is 1. The van der Waals surface area contributed by atoms with Crippen LogP contribution in [0.5, 0.6) is 0 Å². The van der Waals surface area contributed by atoms with Gasteiger partial charge >= 0.3 is 0 Å². The van der Waals surface area contributed by atoms with E-state index in [1.807, 2.05) is 12.1 Å². The van der Waals surface area contributed by atoms with Gasteiger partial charge in [0.05, 0.1) is 4.90 Å². The molecular formula is C15H23NO2S. The molecular weight excluding hydrogens is 258 g/mol. The maximum absolute atomic E-state index is 11.4. The molecule has 0 saturated heterocycles. The summed E-state index contributed by atoms with van der Waals surface area (Å²) in [5.41, 5.74) is 1.18. The molecule has 1 aliphatic carbocycles. The van der Waals surface area contributed by atoms with E-state index in [0.29, 0.717) is 17.0 Å². The molecule has 4 heteroatoms. The first kappa shape index (κ1) is 14.5. The van der Waals surface area contributed by atoms with Crippen LogP contribution in [0.25, 0.3) is 0 Å². The Hall–Kier alpha value is -0.870. The number of nitrogens with one attached hydrogen (secondary N) is 1. The van der Waals surface area contributed by atoms with E-state index in [9.17, 15) is 8.42 Å². The molecule has 0 amide bonds. The SMILES string of the molecule is CCC(NC1CCCC1)c1ccc(S(C)(=O)=O)cc1. The van der Waals surface area contributed by atoms with Crippen molar-refractivity contribution in [3.63, 3.8) is 0 Å². The van der Waals surface area contributed by atoms with Gasteiger partial charge in [-0.2, -0.15) is 0 Å². The zero-order valence-electron chi connectivity index (χ0n) is 11.7. The number of sulfone groups is 1. The molecule has 0 radical (unpaired) electrons. The van der Waals surface area contributed by atoms with Gasteiger partial charge in [0.2, 0.25) is 0 Å². The summed E-state index contributed by atoms with van der Waals surface area (Å²) in [6.45, 7) is 2.16. The molecule has 0 bridgehead atoms. The highest BCUT2D eigenvalue weighted by Gasteiger charge is 2.19. The summed E-state index contributed by atoms with van der Waals surface area (Å²) in [7, 11) is -3.09. The summed E-state index contributed by atoms with van der Waals surface area (Å²) in [5, 5.41) is 3.69. The molecule has 1 aromatic rings. The molecule has 1 aromatic carbocycles. The molecule has 2 rings (SSSR count). The molecule has 1 unspecified atom stereocenters. The fourth-order valence-corrected chi connectivity index (χ4v) is 3.40. The van der Waals surface area contributed by atoms with Gasteiger partial charge in [-0.15, -0.1) is 0 Å². The van der Waals surface area contributed by atoms with E-state index < -0.39 is 9.84 Å². The van der Waals surface area contributed by atoms with Gasteiger partial charge in [-0.3, -0.25) is 0 Å². The van der Waals surface area contributed by atoms with E-state index in [1.165, 1.54) is 37.5 Å². The van der Waals surface area contributed by atoms with Crippen LogP contribution >= 0.6 is 0 Å². The molecule has 19 heavy (non-hydrogen) atoms. The van der Waals surface area contributed by atoms with Crippen molar-refractivity contribution in [1.82, 2.24) is 5.32 Å². The number of hydrogen-bond acceptors (Lipinski definition) is 3. The maximum atomic E-state index is 11.4. The molecule has 0 aromatic heterocycles. The summed E-state index contributed by atoms with van der Waals surface area (Å²) in [4.78, 5) is 0.395. The van der Waals surface area contributed by atoms with Gasteiger partial charge in [-0.05, 0) is 37.0 Å². The molecule has 0 spiro atoms. The lowest BCUT2D eigenvalue weighted by Gasteiger charge is -2.22. The van der Waals surface area contributed by atoms with E-state index >= 15 is 0 Å². The predicted molar refractivity (Wildman–Crippen MR) is 78.0 cm³/mol. The fourth-order valence-electron chi connectivity index (χ4n) is 2.77. The minimum absolute atomic E-state index is 0.330. The second-order valence-electron chi connectivity index (χ2n) is 5.45. The second kappa shape index (κ2) is 6.06. The van der Waals surface area contributed by atoms with Crippen LogP contribution < -0.4 is 5.32 Å². The number of rotatable bonds is 5. The first-order chi connectivity index (χ1) is 9.00. The van der Waals surface area contributed by atoms with Gasteiger partial charge in [0.15, 0.2) is 9.84 Å². The largest absolute Gasteiger partial charge is 0.307 e. The Morgan fingerprint density at radius 1 is 1.21 bits per heavy atom. The average Bonchev–Trinajstić information content (AvgIpc) is 2.88. The van der Waals surface area contributed by atoms with Crippen molar-refractivity contribution in [3.8, 4) is 0 Å². The van der Waals surface area contributed by atoms with Crippen molar-refractivity contribution >= 4 is 9.84 Å². The molecule has 1 fully saturated rings. The standard InChI is InChI=1S/C15H23NO2S/c1-3-15(16-13-6-4-5-7-13)12-8-10-14(11-9-12)19(2,17)18/h8-11,13,15-16H,3-7H2,1-2H3. The third-order valence-corrected chi connectivity index (χ3v) is 5.04. The highest BCUT2D eigenvalue weighted by Crippen LogP contribution is 2.24. The van der Waals surface area contributed by atoms with Gasteiger partial charge in [0.1, 0.15) is 0 Å². The van der Waals surface area contributed by atoms with E-state index in [4.69, 9.17) is 0 Å². The minimum atomic E-state index is -3.09. The van der Waals surface area contributed by atoms with Crippen LogP contribution in [0.1, 0.15) is 50.6 Å². The smallest absolute Gasteiger partial charge is 0.175 e. The second-order valence-corrected chi connectivity index (χ2v) is 7.47. The zero-order valence-corrected chi connectivity index (χ0v) is 12.5. The Bertz CT molecular complexity index is 501.